The van der Waals surface area contributed by atoms with Gasteiger partial charge in [0.25, 0.3) is 0 Å². The monoisotopic (exact) mass is 202 g/mol. The first-order valence-electron chi connectivity index (χ1n) is 5.19. The highest BCUT2D eigenvalue weighted by atomic mass is 16.5. The lowest BCUT2D eigenvalue weighted by Crippen LogP contribution is -2.56. The number of benzene rings is 1. The molecular formula is C12H14N2O. The number of aromatic amines is 1. The van der Waals surface area contributed by atoms with Crippen LogP contribution in [0.3, 0.4) is 0 Å². The molecule has 0 aliphatic carbocycles. The maximum absolute atomic E-state index is 5.33. The summed E-state index contributed by atoms with van der Waals surface area (Å²) in [6, 6.07) is 8.37. The van der Waals surface area contributed by atoms with Crippen molar-refractivity contribution >= 4 is 10.9 Å². The van der Waals surface area contributed by atoms with E-state index in [1.54, 1.807) is 0 Å². The molecule has 1 aromatic carbocycles. The molecule has 0 radical (unpaired) electrons. The molecule has 2 N–H and O–H groups in total. The summed E-state index contributed by atoms with van der Waals surface area (Å²) in [5, 5.41) is 4.65. The molecule has 1 aromatic heterocycles. The Labute approximate surface area is 88.4 Å². The van der Waals surface area contributed by atoms with Gasteiger partial charge in [0.05, 0.1) is 18.8 Å². The first-order valence-corrected chi connectivity index (χ1v) is 5.19. The molecule has 2 heterocycles. The van der Waals surface area contributed by atoms with Crippen molar-refractivity contribution in [1.82, 2.24) is 10.3 Å². The Kier molecular flexibility index (Phi) is 1.84. The summed E-state index contributed by atoms with van der Waals surface area (Å²) in [4.78, 5) is 3.30. The van der Waals surface area contributed by atoms with E-state index in [0.717, 1.165) is 13.2 Å². The number of hydrogen-bond acceptors (Lipinski definition) is 2. The molecule has 3 rings (SSSR count). The summed E-state index contributed by atoms with van der Waals surface area (Å²) >= 11 is 0. The van der Waals surface area contributed by atoms with Gasteiger partial charge in [0.15, 0.2) is 0 Å². The van der Waals surface area contributed by atoms with Crippen molar-refractivity contribution in [1.29, 1.82) is 0 Å². The van der Waals surface area contributed by atoms with Gasteiger partial charge in [-0.2, -0.15) is 0 Å². The van der Waals surface area contributed by atoms with Crippen LogP contribution >= 0.6 is 0 Å². The predicted octanol–water partition coefficient (Wildman–Crippen LogP) is 1.61. The summed E-state index contributed by atoms with van der Waals surface area (Å²) in [7, 11) is 1.99. The molecular weight excluding hydrogens is 188 g/mol. The van der Waals surface area contributed by atoms with Crippen LogP contribution in [0.2, 0.25) is 0 Å². The molecule has 3 nitrogen and oxygen atoms in total. The Bertz CT molecular complexity index is 480. The summed E-state index contributed by atoms with van der Waals surface area (Å²) in [6.07, 6.45) is 2.09. The van der Waals surface area contributed by atoms with E-state index >= 15 is 0 Å². The lowest BCUT2D eigenvalue weighted by Gasteiger charge is -2.41. The standard InChI is InChI=1S/C12H14N2O/c1-13-12(7-15-8-12)10-6-14-11-5-3-2-4-9(10)11/h2-6,13-14H,7-8H2,1H3. The molecule has 0 spiro atoms. The van der Waals surface area contributed by atoms with Gasteiger partial charge in [-0.3, -0.25) is 0 Å². The van der Waals surface area contributed by atoms with Gasteiger partial charge >= 0.3 is 0 Å². The van der Waals surface area contributed by atoms with E-state index in [9.17, 15) is 0 Å². The average Bonchev–Trinajstić information content (AvgIpc) is 2.62. The Morgan fingerprint density at radius 1 is 1.33 bits per heavy atom. The van der Waals surface area contributed by atoms with Crippen LogP contribution < -0.4 is 5.32 Å². The van der Waals surface area contributed by atoms with Crippen molar-refractivity contribution in [3.63, 3.8) is 0 Å². The summed E-state index contributed by atoms with van der Waals surface area (Å²) in [5.41, 5.74) is 2.51. The molecule has 0 unspecified atom stereocenters. The minimum Gasteiger partial charge on any atom is -0.377 e. The Morgan fingerprint density at radius 3 is 2.80 bits per heavy atom. The predicted molar refractivity (Wildman–Crippen MR) is 59.9 cm³/mol. The average molecular weight is 202 g/mol. The summed E-state index contributed by atoms with van der Waals surface area (Å²) in [5.74, 6) is 0. The maximum Gasteiger partial charge on any atom is 0.0926 e. The van der Waals surface area contributed by atoms with Gasteiger partial charge in [0.2, 0.25) is 0 Å². The van der Waals surface area contributed by atoms with Gasteiger partial charge in [0.1, 0.15) is 0 Å². The van der Waals surface area contributed by atoms with Crippen molar-refractivity contribution < 1.29 is 4.74 Å². The SMILES string of the molecule is CNC1(c2c[nH]c3ccccc23)COC1. The highest BCUT2D eigenvalue weighted by molar-refractivity contribution is 5.84. The van der Waals surface area contributed by atoms with Crippen molar-refractivity contribution in [2.75, 3.05) is 20.3 Å². The van der Waals surface area contributed by atoms with Gasteiger partial charge in [-0.15, -0.1) is 0 Å². The normalized spacial score (nSPS) is 19.0. The second-order valence-electron chi connectivity index (χ2n) is 4.07. The Hall–Kier alpha value is -1.32. The number of ether oxygens (including phenoxy) is 1. The number of para-hydroxylation sites is 1. The molecule has 1 saturated heterocycles. The number of hydrogen-bond donors (Lipinski definition) is 2. The van der Waals surface area contributed by atoms with Crippen LogP contribution in [-0.2, 0) is 10.3 Å². The highest BCUT2D eigenvalue weighted by Gasteiger charge is 2.40. The number of likely N-dealkylation sites (N-methyl/N-ethyl adjacent to an activating group) is 1. The van der Waals surface area contributed by atoms with Gasteiger partial charge in [-0.05, 0) is 13.1 Å². The maximum atomic E-state index is 5.33. The number of aromatic nitrogens is 1. The first-order chi connectivity index (χ1) is 7.36. The van der Waals surface area contributed by atoms with Crippen LogP contribution in [0, 0.1) is 0 Å². The third-order valence-electron chi connectivity index (χ3n) is 3.28. The smallest absolute Gasteiger partial charge is 0.0926 e. The molecule has 0 amide bonds. The van der Waals surface area contributed by atoms with E-state index in [4.69, 9.17) is 4.74 Å². The van der Waals surface area contributed by atoms with Gasteiger partial charge in [0, 0.05) is 22.7 Å². The molecule has 1 fully saturated rings. The van der Waals surface area contributed by atoms with Crippen molar-refractivity contribution in [3.05, 3.63) is 36.0 Å². The fourth-order valence-electron chi connectivity index (χ4n) is 2.21. The Morgan fingerprint density at radius 2 is 2.13 bits per heavy atom. The van der Waals surface area contributed by atoms with Crippen LogP contribution in [-0.4, -0.2) is 25.2 Å². The number of fused-ring (bicyclic) bond motifs is 1. The minimum absolute atomic E-state index is 0.0135. The summed E-state index contributed by atoms with van der Waals surface area (Å²) < 4.78 is 5.33. The molecule has 0 saturated carbocycles. The number of nitrogens with one attached hydrogen (secondary N) is 2. The van der Waals surface area contributed by atoms with E-state index < -0.39 is 0 Å². The second-order valence-corrected chi connectivity index (χ2v) is 4.07. The molecule has 1 aliphatic rings. The first kappa shape index (κ1) is 8.95. The van der Waals surface area contributed by atoms with Crippen LogP contribution in [0.4, 0.5) is 0 Å². The molecule has 0 bridgehead atoms. The largest absolute Gasteiger partial charge is 0.377 e. The zero-order valence-corrected chi connectivity index (χ0v) is 8.71. The van der Waals surface area contributed by atoms with Gasteiger partial charge in [-0.1, -0.05) is 18.2 Å². The fourth-order valence-corrected chi connectivity index (χ4v) is 2.21. The number of rotatable bonds is 2. The van der Waals surface area contributed by atoms with E-state index in [1.807, 2.05) is 13.1 Å². The van der Waals surface area contributed by atoms with Crippen LogP contribution in [0.1, 0.15) is 5.56 Å². The third kappa shape index (κ3) is 1.14. The highest BCUT2D eigenvalue weighted by Crippen LogP contribution is 2.34. The van der Waals surface area contributed by atoms with Gasteiger partial charge in [-0.25, -0.2) is 0 Å². The van der Waals surface area contributed by atoms with Crippen molar-refractivity contribution in [2.24, 2.45) is 0 Å². The van der Waals surface area contributed by atoms with E-state index in [-0.39, 0.29) is 5.54 Å². The minimum atomic E-state index is 0.0135. The Balaban J connectivity index is 2.18. The lowest BCUT2D eigenvalue weighted by atomic mass is 9.88. The molecule has 1 aliphatic heterocycles. The molecule has 78 valence electrons. The van der Waals surface area contributed by atoms with Crippen LogP contribution in [0.5, 0.6) is 0 Å². The molecule has 15 heavy (non-hydrogen) atoms. The van der Waals surface area contributed by atoms with Crippen LogP contribution in [0.25, 0.3) is 10.9 Å². The fraction of sp³-hybridized carbons (Fsp3) is 0.333. The number of H-pyrrole nitrogens is 1. The molecule has 3 heteroatoms. The van der Waals surface area contributed by atoms with Crippen LogP contribution in [0.15, 0.2) is 30.5 Å². The summed E-state index contributed by atoms with van der Waals surface area (Å²) in [6.45, 7) is 1.51. The zero-order chi connectivity index (χ0) is 10.3. The van der Waals surface area contributed by atoms with Gasteiger partial charge < -0.3 is 15.0 Å². The second kappa shape index (κ2) is 3.08. The zero-order valence-electron chi connectivity index (χ0n) is 8.71. The van der Waals surface area contributed by atoms with E-state index in [0.29, 0.717) is 0 Å². The van der Waals surface area contributed by atoms with E-state index in [1.165, 1.54) is 16.5 Å². The topological polar surface area (TPSA) is 37.0 Å². The quantitative estimate of drug-likeness (QED) is 0.776. The van der Waals surface area contributed by atoms with E-state index in [2.05, 4.69) is 34.7 Å². The third-order valence-corrected chi connectivity index (χ3v) is 3.28. The van der Waals surface area contributed by atoms with Crippen molar-refractivity contribution in [3.8, 4) is 0 Å². The lowest BCUT2D eigenvalue weighted by molar-refractivity contribution is -0.0740. The van der Waals surface area contributed by atoms with Crippen molar-refractivity contribution in [2.45, 2.75) is 5.54 Å². The molecule has 2 aromatic rings. The molecule has 0 atom stereocenters.